The smallest absolute Gasteiger partial charge is 0.0623 e. The van der Waals surface area contributed by atoms with Crippen LogP contribution >= 0.6 is 0 Å². The van der Waals surface area contributed by atoms with Gasteiger partial charge in [0, 0.05) is 6.04 Å². The lowest BCUT2D eigenvalue weighted by Gasteiger charge is -2.27. The van der Waals surface area contributed by atoms with E-state index in [2.05, 4.69) is 6.92 Å². The monoisotopic (exact) mass is 197 g/mol. The second-order valence-corrected chi connectivity index (χ2v) is 5.22. The van der Waals surface area contributed by atoms with Gasteiger partial charge in [-0.15, -0.1) is 0 Å². The van der Waals surface area contributed by atoms with Crippen LogP contribution in [-0.4, -0.2) is 18.8 Å². The van der Waals surface area contributed by atoms with E-state index in [1.54, 1.807) is 0 Å². The van der Waals surface area contributed by atoms with Gasteiger partial charge >= 0.3 is 0 Å². The Kier molecular flexibility index (Phi) is 3.45. The molecule has 2 aliphatic carbocycles. The van der Waals surface area contributed by atoms with Gasteiger partial charge in [0.25, 0.3) is 0 Å². The van der Waals surface area contributed by atoms with Gasteiger partial charge in [-0.2, -0.15) is 0 Å². The SMILES string of the molecule is CC1CCC(OCC(N)C2CC2)CC1. The van der Waals surface area contributed by atoms with Crippen molar-refractivity contribution in [3.63, 3.8) is 0 Å². The van der Waals surface area contributed by atoms with Gasteiger partial charge in [0.2, 0.25) is 0 Å². The molecule has 2 N–H and O–H groups in total. The first-order valence-corrected chi connectivity index (χ1v) is 6.13. The molecule has 0 aromatic heterocycles. The van der Waals surface area contributed by atoms with Gasteiger partial charge in [0.15, 0.2) is 0 Å². The van der Waals surface area contributed by atoms with Crippen LogP contribution in [0.2, 0.25) is 0 Å². The minimum Gasteiger partial charge on any atom is -0.377 e. The van der Waals surface area contributed by atoms with Crippen molar-refractivity contribution >= 4 is 0 Å². The van der Waals surface area contributed by atoms with Crippen LogP contribution in [0.3, 0.4) is 0 Å². The molecule has 2 saturated carbocycles. The molecule has 0 saturated heterocycles. The van der Waals surface area contributed by atoms with Gasteiger partial charge < -0.3 is 10.5 Å². The van der Waals surface area contributed by atoms with Gasteiger partial charge in [-0.3, -0.25) is 0 Å². The summed E-state index contributed by atoms with van der Waals surface area (Å²) in [6.45, 7) is 3.13. The minimum absolute atomic E-state index is 0.314. The first-order chi connectivity index (χ1) is 6.75. The van der Waals surface area contributed by atoms with E-state index in [1.807, 2.05) is 0 Å². The molecule has 0 aliphatic heterocycles. The second-order valence-electron chi connectivity index (χ2n) is 5.22. The molecular formula is C12H23NO. The molecule has 1 unspecified atom stereocenters. The largest absolute Gasteiger partial charge is 0.377 e. The zero-order chi connectivity index (χ0) is 9.97. The molecule has 82 valence electrons. The fraction of sp³-hybridized carbons (Fsp3) is 1.00. The van der Waals surface area contributed by atoms with Crippen molar-refractivity contribution in [2.45, 2.75) is 57.6 Å². The van der Waals surface area contributed by atoms with Crippen LogP contribution in [0.25, 0.3) is 0 Å². The van der Waals surface area contributed by atoms with Gasteiger partial charge in [0.1, 0.15) is 0 Å². The summed E-state index contributed by atoms with van der Waals surface area (Å²) in [4.78, 5) is 0. The lowest BCUT2D eigenvalue weighted by molar-refractivity contribution is 0.0104. The van der Waals surface area contributed by atoms with Crippen LogP contribution in [0.4, 0.5) is 0 Å². The van der Waals surface area contributed by atoms with Crippen molar-refractivity contribution in [3.8, 4) is 0 Å². The molecule has 2 fully saturated rings. The third-order valence-corrected chi connectivity index (χ3v) is 3.71. The van der Waals surface area contributed by atoms with Gasteiger partial charge in [-0.05, 0) is 50.4 Å². The van der Waals surface area contributed by atoms with Crippen molar-refractivity contribution in [1.29, 1.82) is 0 Å². The Labute approximate surface area is 87.2 Å². The zero-order valence-electron chi connectivity index (χ0n) is 9.24. The first kappa shape index (κ1) is 10.4. The Morgan fingerprint density at radius 1 is 1.14 bits per heavy atom. The molecule has 0 amide bonds. The quantitative estimate of drug-likeness (QED) is 0.750. The van der Waals surface area contributed by atoms with E-state index in [9.17, 15) is 0 Å². The van der Waals surface area contributed by atoms with Crippen molar-refractivity contribution in [2.24, 2.45) is 17.6 Å². The van der Waals surface area contributed by atoms with Crippen molar-refractivity contribution < 1.29 is 4.74 Å². The summed E-state index contributed by atoms with van der Waals surface area (Å²) < 4.78 is 5.87. The van der Waals surface area contributed by atoms with Crippen LogP contribution < -0.4 is 5.73 Å². The number of hydrogen-bond acceptors (Lipinski definition) is 2. The third kappa shape index (κ3) is 2.96. The maximum Gasteiger partial charge on any atom is 0.0623 e. The number of rotatable bonds is 4. The standard InChI is InChI=1S/C12H23NO/c1-9-2-6-11(7-3-9)14-8-12(13)10-4-5-10/h9-12H,2-8,13H2,1H3. The number of nitrogens with two attached hydrogens (primary N) is 1. The van der Waals surface area contributed by atoms with E-state index in [-0.39, 0.29) is 0 Å². The molecule has 0 radical (unpaired) electrons. The van der Waals surface area contributed by atoms with Crippen LogP contribution in [0.5, 0.6) is 0 Å². The molecule has 2 heteroatoms. The average Bonchev–Trinajstić information content (AvgIpc) is 3.00. The molecule has 0 aromatic rings. The van der Waals surface area contributed by atoms with Gasteiger partial charge in [-0.1, -0.05) is 6.92 Å². The van der Waals surface area contributed by atoms with Gasteiger partial charge in [0.05, 0.1) is 12.7 Å². The molecule has 0 heterocycles. The Morgan fingerprint density at radius 3 is 2.36 bits per heavy atom. The summed E-state index contributed by atoms with van der Waals surface area (Å²) in [7, 11) is 0. The van der Waals surface area contributed by atoms with E-state index in [0.29, 0.717) is 12.1 Å². The molecule has 0 aromatic carbocycles. The topological polar surface area (TPSA) is 35.2 Å². The summed E-state index contributed by atoms with van der Waals surface area (Å²) in [5, 5.41) is 0. The number of hydrogen-bond donors (Lipinski definition) is 1. The van der Waals surface area contributed by atoms with Crippen LogP contribution in [0.1, 0.15) is 45.4 Å². The Morgan fingerprint density at radius 2 is 1.79 bits per heavy atom. The van der Waals surface area contributed by atoms with E-state index in [4.69, 9.17) is 10.5 Å². The summed E-state index contributed by atoms with van der Waals surface area (Å²) in [6.07, 6.45) is 8.33. The average molecular weight is 197 g/mol. The van der Waals surface area contributed by atoms with Crippen molar-refractivity contribution in [1.82, 2.24) is 0 Å². The van der Waals surface area contributed by atoms with E-state index >= 15 is 0 Å². The normalized spacial score (nSPS) is 35.6. The van der Waals surface area contributed by atoms with Crippen LogP contribution in [-0.2, 0) is 4.74 Å². The predicted molar refractivity (Wildman–Crippen MR) is 58.1 cm³/mol. The molecule has 2 aliphatic rings. The Bertz CT molecular complexity index is 171. The Balaban J connectivity index is 1.60. The number of ether oxygens (including phenoxy) is 1. The Hall–Kier alpha value is -0.0800. The molecule has 1 atom stereocenters. The summed E-state index contributed by atoms with van der Waals surface area (Å²) in [6, 6.07) is 0.314. The van der Waals surface area contributed by atoms with E-state index in [1.165, 1.54) is 38.5 Å². The zero-order valence-corrected chi connectivity index (χ0v) is 9.24. The second kappa shape index (κ2) is 4.63. The minimum atomic E-state index is 0.314. The highest BCUT2D eigenvalue weighted by molar-refractivity contribution is 4.84. The highest BCUT2D eigenvalue weighted by atomic mass is 16.5. The molecule has 0 spiro atoms. The van der Waals surface area contributed by atoms with E-state index < -0.39 is 0 Å². The van der Waals surface area contributed by atoms with Crippen molar-refractivity contribution in [3.05, 3.63) is 0 Å². The summed E-state index contributed by atoms with van der Waals surface area (Å²) >= 11 is 0. The maximum absolute atomic E-state index is 6.00. The molecule has 2 nitrogen and oxygen atoms in total. The summed E-state index contributed by atoms with van der Waals surface area (Å²) in [5.74, 6) is 1.68. The first-order valence-electron chi connectivity index (χ1n) is 6.13. The molecular weight excluding hydrogens is 174 g/mol. The van der Waals surface area contributed by atoms with Crippen molar-refractivity contribution in [2.75, 3.05) is 6.61 Å². The highest BCUT2D eigenvalue weighted by Crippen LogP contribution is 2.32. The molecule has 14 heavy (non-hydrogen) atoms. The molecule has 0 bridgehead atoms. The molecule has 2 rings (SSSR count). The fourth-order valence-corrected chi connectivity index (χ4v) is 2.30. The van der Waals surface area contributed by atoms with Crippen LogP contribution in [0.15, 0.2) is 0 Å². The highest BCUT2D eigenvalue weighted by Gasteiger charge is 2.29. The maximum atomic E-state index is 6.00. The van der Waals surface area contributed by atoms with Gasteiger partial charge in [-0.25, -0.2) is 0 Å². The van der Waals surface area contributed by atoms with Crippen LogP contribution in [0, 0.1) is 11.8 Å². The predicted octanol–water partition coefficient (Wildman–Crippen LogP) is 2.32. The fourth-order valence-electron chi connectivity index (χ4n) is 2.30. The lowest BCUT2D eigenvalue weighted by Crippen LogP contribution is -2.32. The third-order valence-electron chi connectivity index (χ3n) is 3.71. The summed E-state index contributed by atoms with van der Waals surface area (Å²) in [5.41, 5.74) is 6.00. The van der Waals surface area contributed by atoms with E-state index in [0.717, 1.165) is 18.4 Å². The lowest BCUT2D eigenvalue weighted by atomic mass is 9.89.